The Morgan fingerprint density at radius 1 is 1.30 bits per heavy atom. The topological polar surface area (TPSA) is 49.4 Å². The van der Waals surface area contributed by atoms with E-state index >= 15 is 0 Å². The highest BCUT2D eigenvalue weighted by molar-refractivity contribution is 5.93. The Morgan fingerprint density at radius 2 is 2.05 bits per heavy atom. The van der Waals surface area contributed by atoms with Crippen molar-refractivity contribution in [3.05, 3.63) is 11.6 Å². The molecule has 4 nitrogen and oxygen atoms in total. The highest BCUT2D eigenvalue weighted by Gasteiger charge is 2.30. The zero-order valence-electron chi connectivity index (χ0n) is 12.7. The quantitative estimate of drug-likeness (QED) is 0.783. The number of nitrogens with zero attached hydrogens (tertiary/aromatic N) is 1. The number of allylic oxidation sites excluding steroid dienone is 1. The zero-order chi connectivity index (χ0) is 14.5. The average Bonchev–Trinajstić information content (AvgIpc) is 3.28. The summed E-state index contributed by atoms with van der Waals surface area (Å²) in [6.07, 6.45) is 7.15. The Labute approximate surface area is 121 Å². The molecule has 0 aromatic heterocycles. The van der Waals surface area contributed by atoms with Crippen molar-refractivity contribution in [2.75, 3.05) is 19.6 Å². The summed E-state index contributed by atoms with van der Waals surface area (Å²) >= 11 is 0. The molecule has 2 fully saturated rings. The molecule has 0 aromatic rings. The first-order valence-corrected chi connectivity index (χ1v) is 7.85. The van der Waals surface area contributed by atoms with Crippen LogP contribution in [0.1, 0.15) is 46.0 Å². The summed E-state index contributed by atoms with van der Waals surface area (Å²) in [7, 11) is 0. The lowest BCUT2D eigenvalue weighted by Crippen LogP contribution is -2.46. The summed E-state index contributed by atoms with van der Waals surface area (Å²) < 4.78 is 0. The predicted octanol–water partition coefficient (Wildman–Crippen LogP) is 2.11. The second kappa shape index (κ2) is 6.91. The summed E-state index contributed by atoms with van der Waals surface area (Å²) in [5.41, 5.74) is 0.798. The fourth-order valence-electron chi connectivity index (χ4n) is 2.73. The van der Waals surface area contributed by atoms with Crippen molar-refractivity contribution >= 4 is 11.8 Å². The van der Waals surface area contributed by atoms with E-state index in [0.29, 0.717) is 12.5 Å². The molecule has 20 heavy (non-hydrogen) atoms. The zero-order valence-corrected chi connectivity index (χ0v) is 12.7. The highest BCUT2D eigenvalue weighted by atomic mass is 16.2. The minimum Gasteiger partial charge on any atom is -0.356 e. The number of amides is 2. The SMILES string of the molecule is CC/C=C(/C)C(=O)N1CCCC(C(=O)NCC2CC2)C1. The van der Waals surface area contributed by atoms with Crippen LogP contribution >= 0.6 is 0 Å². The van der Waals surface area contributed by atoms with E-state index in [2.05, 4.69) is 5.32 Å². The van der Waals surface area contributed by atoms with Crippen molar-refractivity contribution < 1.29 is 9.59 Å². The second-order valence-electron chi connectivity index (χ2n) is 6.07. The molecular formula is C16H26N2O2. The molecule has 4 heteroatoms. The number of likely N-dealkylation sites (tertiary alicyclic amines) is 1. The van der Waals surface area contributed by atoms with Gasteiger partial charge in [0.25, 0.3) is 0 Å². The van der Waals surface area contributed by atoms with Gasteiger partial charge in [0.05, 0.1) is 5.92 Å². The number of carbonyl (C=O) groups is 2. The van der Waals surface area contributed by atoms with Gasteiger partial charge in [-0.3, -0.25) is 9.59 Å². The van der Waals surface area contributed by atoms with E-state index in [1.54, 1.807) is 0 Å². The van der Waals surface area contributed by atoms with Crippen LogP contribution in [0.4, 0.5) is 0 Å². The molecule has 1 saturated carbocycles. The Kier molecular flexibility index (Phi) is 5.21. The average molecular weight is 278 g/mol. The molecule has 1 aliphatic carbocycles. The number of hydrogen-bond acceptors (Lipinski definition) is 2. The van der Waals surface area contributed by atoms with Gasteiger partial charge in [-0.25, -0.2) is 0 Å². The Bertz CT molecular complexity index is 399. The molecule has 0 spiro atoms. The van der Waals surface area contributed by atoms with Crippen molar-refractivity contribution in [2.45, 2.75) is 46.0 Å². The Hall–Kier alpha value is -1.32. The van der Waals surface area contributed by atoms with E-state index < -0.39 is 0 Å². The lowest BCUT2D eigenvalue weighted by molar-refractivity contribution is -0.132. The Morgan fingerprint density at radius 3 is 2.70 bits per heavy atom. The third kappa shape index (κ3) is 4.09. The number of carbonyl (C=O) groups excluding carboxylic acids is 2. The fourth-order valence-corrected chi connectivity index (χ4v) is 2.73. The smallest absolute Gasteiger partial charge is 0.249 e. The monoisotopic (exact) mass is 278 g/mol. The molecule has 1 N–H and O–H groups in total. The number of nitrogens with one attached hydrogen (secondary N) is 1. The van der Waals surface area contributed by atoms with Gasteiger partial charge in [0.2, 0.25) is 11.8 Å². The maximum absolute atomic E-state index is 12.3. The third-order valence-electron chi connectivity index (χ3n) is 4.19. The van der Waals surface area contributed by atoms with E-state index in [1.807, 2.05) is 24.8 Å². The molecular weight excluding hydrogens is 252 g/mol. The molecule has 0 radical (unpaired) electrons. The number of hydrogen-bond donors (Lipinski definition) is 1. The Balaban J connectivity index is 1.85. The minimum absolute atomic E-state index is 0.0270. The van der Waals surface area contributed by atoms with E-state index in [9.17, 15) is 9.59 Å². The van der Waals surface area contributed by atoms with Crippen molar-refractivity contribution in [3.63, 3.8) is 0 Å². The molecule has 1 saturated heterocycles. The van der Waals surface area contributed by atoms with Crippen LogP contribution in [0.25, 0.3) is 0 Å². The lowest BCUT2D eigenvalue weighted by Gasteiger charge is -2.32. The fraction of sp³-hybridized carbons (Fsp3) is 0.750. The van der Waals surface area contributed by atoms with Crippen LogP contribution in [0.5, 0.6) is 0 Å². The standard InChI is InChI=1S/C16H26N2O2/c1-3-5-12(2)16(20)18-9-4-6-14(11-18)15(19)17-10-13-7-8-13/h5,13-14H,3-4,6-11H2,1-2H3,(H,17,19)/b12-5-. The van der Waals surface area contributed by atoms with Crippen molar-refractivity contribution in [3.8, 4) is 0 Å². The summed E-state index contributed by atoms with van der Waals surface area (Å²) in [6, 6.07) is 0. The summed E-state index contributed by atoms with van der Waals surface area (Å²) in [6.45, 7) is 6.06. The van der Waals surface area contributed by atoms with Crippen LogP contribution in [0.2, 0.25) is 0 Å². The molecule has 0 bridgehead atoms. The van der Waals surface area contributed by atoms with Crippen LogP contribution < -0.4 is 5.32 Å². The van der Waals surface area contributed by atoms with Gasteiger partial charge in [0, 0.05) is 25.2 Å². The molecule has 1 atom stereocenters. The van der Waals surface area contributed by atoms with E-state index in [1.165, 1.54) is 12.8 Å². The molecule has 1 unspecified atom stereocenters. The van der Waals surface area contributed by atoms with Gasteiger partial charge in [-0.05, 0) is 44.9 Å². The molecule has 2 amide bonds. The second-order valence-corrected chi connectivity index (χ2v) is 6.07. The number of piperidine rings is 1. The van der Waals surface area contributed by atoms with Crippen molar-refractivity contribution in [1.29, 1.82) is 0 Å². The van der Waals surface area contributed by atoms with E-state index in [-0.39, 0.29) is 17.7 Å². The first-order valence-electron chi connectivity index (χ1n) is 7.85. The molecule has 2 rings (SSSR count). The molecule has 112 valence electrons. The van der Waals surface area contributed by atoms with Crippen LogP contribution in [-0.4, -0.2) is 36.3 Å². The predicted molar refractivity (Wildman–Crippen MR) is 79.1 cm³/mol. The maximum atomic E-state index is 12.3. The molecule has 0 aromatic carbocycles. The van der Waals surface area contributed by atoms with Gasteiger partial charge in [-0.2, -0.15) is 0 Å². The largest absolute Gasteiger partial charge is 0.356 e. The van der Waals surface area contributed by atoms with E-state index in [0.717, 1.165) is 37.9 Å². The van der Waals surface area contributed by atoms with Crippen LogP contribution in [0.15, 0.2) is 11.6 Å². The van der Waals surface area contributed by atoms with Crippen LogP contribution in [0.3, 0.4) is 0 Å². The van der Waals surface area contributed by atoms with Gasteiger partial charge in [0.15, 0.2) is 0 Å². The first-order chi connectivity index (χ1) is 9.61. The van der Waals surface area contributed by atoms with Crippen molar-refractivity contribution in [1.82, 2.24) is 10.2 Å². The van der Waals surface area contributed by atoms with Crippen LogP contribution in [-0.2, 0) is 9.59 Å². The summed E-state index contributed by atoms with van der Waals surface area (Å²) in [5.74, 6) is 0.897. The first kappa shape index (κ1) is 15.1. The van der Waals surface area contributed by atoms with E-state index in [4.69, 9.17) is 0 Å². The molecule has 1 heterocycles. The lowest BCUT2D eigenvalue weighted by atomic mass is 9.96. The molecule has 2 aliphatic rings. The van der Waals surface area contributed by atoms with Gasteiger partial charge < -0.3 is 10.2 Å². The van der Waals surface area contributed by atoms with Gasteiger partial charge in [-0.15, -0.1) is 0 Å². The summed E-state index contributed by atoms with van der Waals surface area (Å²) in [4.78, 5) is 26.2. The highest BCUT2D eigenvalue weighted by Crippen LogP contribution is 2.28. The molecule has 1 aliphatic heterocycles. The maximum Gasteiger partial charge on any atom is 0.249 e. The number of rotatable bonds is 5. The third-order valence-corrected chi connectivity index (χ3v) is 4.19. The van der Waals surface area contributed by atoms with Gasteiger partial charge >= 0.3 is 0 Å². The van der Waals surface area contributed by atoms with Gasteiger partial charge in [0.1, 0.15) is 0 Å². The van der Waals surface area contributed by atoms with Crippen molar-refractivity contribution in [2.24, 2.45) is 11.8 Å². The normalized spacial score (nSPS) is 23.6. The van der Waals surface area contributed by atoms with Gasteiger partial charge in [-0.1, -0.05) is 13.0 Å². The summed E-state index contributed by atoms with van der Waals surface area (Å²) in [5, 5.41) is 3.04. The minimum atomic E-state index is -0.0270. The van der Waals surface area contributed by atoms with Crippen LogP contribution in [0, 0.1) is 11.8 Å².